The third kappa shape index (κ3) is 2.00. The number of carbonyl (C=O) groups excluding carboxylic acids is 1. The van der Waals surface area contributed by atoms with Crippen LogP contribution in [-0.2, 0) is 0 Å². The number of hydrogen-bond acceptors (Lipinski definition) is 5. The zero-order chi connectivity index (χ0) is 13.3. The minimum atomic E-state index is -0.482. The van der Waals surface area contributed by atoms with Gasteiger partial charge in [0.1, 0.15) is 11.5 Å². The van der Waals surface area contributed by atoms with Gasteiger partial charge in [0.15, 0.2) is 5.78 Å². The summed E-state index contributed by atoms with van der Waals surface area (Å²) >= 11 is 0. The Balaban J connectivity index is 2.49. The summed E-state index contributed by atoms with van der Waals surface area (Å²) in [6, 6.07) is 5.82. The predicted molar refractivity (Wildman–Crippen MR) is 63.3 cm³/mol. The Morgan fingerprint density at radius 1 is 1.33 bits per heavy atom. The molecule has 0 aliphatic carbocycles. The molecule has 0 N–H and O–H groups in total. The lowest BCUT2D eigenvalue weighted by atomic mass is 10.0. The first-order valence-corrected chi connectivity index (χ1v) is 5.22. The highest BCUT2D eigenvalue weighted by atomic mass is 16.6. The fourth-order valence-corrected chi connectivity index (χ4v) is 1.72. The van der Waals surface area contributed by atoms with Crippen LogP contribution in [0.15, 0.2) is 28.8 Å². The number of non-ortho nitro benzene ring substituents is 1. The van der Waals surface area contributed by atoms with Crippen LogP contribution in [0.1, 0.15) is 23.0 Å². The molecular formula is C12H10N2O4. The molecule has 6 heteroatoms. The second-order valence-electron chi connectivity index (χ2n) is 3.82. The summed E-state index contributed by atoms with van der Waals surface area (Å²) in [4.78, 5) is 21.6. The standard InChI is InChI=1S/C12H10N2O4/c1-7(15)11-8(2)18-13-12(11)9-3-5-10(6-4-9)14(16)17/h3-6H,1-2H3. The number of carbonyl (C=O) groups is 1. The van der Waals surface area contributed by atoms with Gasteiger partial charge in [-0.1, -0.05) is 5.16 Å². The Morgan fingerprint density at radius 3 is 2.44 bits per heavy atom. The van der Waals surface area contributed by atoms with Crippen LogP contribution in [0.3, 0.4) is 0 Å². The number of rotatable bonds is 3. The van der Waals surface area contributed by atoms with Crippen LogP contribution < -0.4 is 0 Å². The summed E-state index contributed by atoms with van der Waals surface area (Å²) < 4.78 is 4.98. The molecule has 0 spiro atoms. The molecule has 92 valence electrons. The zero-order valence-corrected chi connectivity index (χ0v) is 9.84. The maximum absolute atomic E-state index is 11.5. The van der Waals surface area contributed by atoms with Gasteiger partial charge in [0, 0.05) is 17.7 Å². The van der Waals surface area contributed by atoms with Crippen LogP contribution in [0.2, 0.25) is 0 Å². The van der Waals surface area contributed by atoms with Gasteiger partial charge in [-0.15, -0.1) is 0 Å². The molecule has 0 unspecified atom stereocenters. The summed E-state index contributed by atoms with van der Waals surface area (Å²) in [5.74, 6) is 0.290. The minimum absolute atomic E-state index is 0.0108. The topological polar surface area (TPSA) is 86.2 Å². The van der Waals surface area contributed by atoms with Crippen LogP contribution in [0.25, 0.3) is 11.3 Å². The van der Waals surface area contributed by atoms with E-state index in [1.807, 2.05) is 0 Å². The highest BCUT2D eigenvalue weighted by Gasteiger charge is 2.18. The average molecular weight is 246 g/mol. The number of ketones is 1. The molecule has 18 heavy (non-hydrogen) atoms. The quantitative estimate of drug-likeness (QED) is 0.472. The number of hydrogen-bond donors (Lipinski definition) is 0. The van der Waals surface area contributed by atoms with Crippen LogP contribution in [0, 0.1) is 17.0 Å². The molecule has 6 nitrogen and oxygen atoms in total. The van der Waals surface area contributed by atoms with E-state index in [2.05, 4.69) is 5.16 Å². The molecule has 0 saturated carbocycles. The molecule has 0 fully saturated rings. The van der Waals surface area contributed by atoms with Crippen molar-refractivity contribution in [3.8, 4) is 11.3 Å². The van der Waals surface area contributed by atoms with Crippen molar-refractivity contribution in [2.24, 2.45) is 0 Å². The van der Waals surface area contributed by atoms with E-state index in [1.165, 1.54) is 19.1 Å². The number of Topliss-reactive ketones (excluding diaryl/α,β-unsaturated/α-hetero) is 1. The molecule has 0 amide bonds. The number of nitrogens with zero attached hydrogens (tertiary/aromatic N) is 2. The number of nitro benzene ring substituents is 1. The van der Waals surface area contributed by atoms with Crippen molar-refractivity contribution in [2.75, 3.05) is 0 Å². The highest BCUT2D eigenvalue weighted by Crippen LogP contribution is 2.27. The fraction of sp³-hybridized carbons (Fsp3) is 0.167. The Hall–Kier alpha value is -2.50. The fourth-order valence-electron chi connectivity index (χ4n) is 1.72. The van der Waals surface area contributed by atoms with Crippen molar-refractivity contribution in [1.82, 2.24) is 5.16 Å². The molecule has 0 bridgehead atoms. The van der Waals surface area contributed by atoms with Gasteiger partial charge in [0.05, 0.1) is 10.5 Å². The van der Waals surface area contributed by atoms with Gasteiger partial charge in [-0.05, 0) is 26.0 Å². The van der Waals surface area contributed by atoms with E-state index in [9.17, 15) is 14.9 Å². The first kappa shape index (κ1) is 12.0. The van der Waals surface area contributed by atoms with Crippen molar-refractivity contribution in [1.29, 1.82) is 0 Å². The van der Waals surface area contributed by atoms with E-state index < -0.39 is 4.92 Å². The van der Waals surface area contributed by atoms with Crippen molar-refractivity contribution >= 4 is 11.5 Å². The van der Waals surface area contributed by atoms with Crippen molar-refractivity contribution in [3.63, 3.8) is 0 Å². The number of benzene rings is 1. The minimum Gasteiger partial charge on any atom is -0.360 e. The number of aromatic nitrogens is 1. The van der Waals surface area contributed by atoms with Crippen molar-refractivity contribution in [2.45, 2.75) is 13.8 Å². The number of nitro groups is 1. The van der Waals surface area contributed by atoms with Crippen LogP contribution >= 0.6 is 0 Å². The van der Waals surface area contributed by atoms with E-state index >= 15 is 0 Å². The second kappa shape index (κ2) is 4.40. The molecule has 1 aromatic carbocycles. The smallest absolute Gasteiger partial charge is 0.269 e. The molecule has 2 rings (SSSR count). The van der Waals surface area contributed by atoms with Crippen LogP contribution in [-0.4, -0.2) is 15.9 Å². The molecule has 1 heterocycles. The molecule has 0 radical (unpaired) electrons. The third-order valence-corrected chi connectivity index (χ3v) is 2.57. The summed E-state index contributed by atoms with van der Waals surface area (Å²) in [6.45, 7) is 3.08. The monoisotopic (exact) mass is 246 g/mol. The third-order valence-electron chi connectivity index (χ3n) is 2.57. The molecule has 0 aliphatic rings. The van der Waals surface area contributed by atoms with Crippen LogP contribution in [0.5, 0.6) is 0 Å². The lowest BCUT2D eigenvalue weighted by Crippen LogP contribution is -1.95. The van der Waals surface area contributed by atoms with Crippen molar-refractivity contribution < 1.29 is 14.2 Å². The van der Waals surface area contributed by atoms with Gasteiger partial charge in [-0.25, -0.2) is 0 Å². The predicted octanol–water partition coefficient (Wildman–Crippen LogP) is 2.76. The largest absolute Gasteiger partial charge is 0.360 e. The normalized spacial score (nSPS) is 10.3. The maximum Gasteiger partial charge on any atom is 0.269 e. The van der Waals surface area contributed by atoms with Gasteiger partial charge in [-0.2, -0.15) is 0 Å². The zero-order valence-electron chi connectivity index (χ0n) is 9.84. The summed E-state index contributed by atoms with van der Waals surface area (Å²) in [7, 11) is 0. The molecular weight excluding hydrogens is 236 g/mol. The molecule has 0 aliphatic heterocycles. The summed E-state index contributed by atoms with van der Waals surface area (Å²) in [5.41, 5.74) is 1.42. The van der Waals surface area contributed by atoms with Crippen LogP contribution in [0.4, 0.5) is 5.69 Å². The maximum atomic E-state index is 11.5. The van der Waals surface area contributed by atoms with E-state index in [0.717, 1.165) is 0 Å². The molecule has 1 aromatic heterocycles. The SMILES string of the molecule is CC(=O)c1c(-c2ccc([N+](=O)[O-])cc2)noc1C. The van der Waals surface area contributed by atoms with Crippen molar-refractivity contribution in [3.05, 3.63) is 45.7 Å². The van der Waals surface area contributed by atoms with Gasteiger partial charge < -0.3 is 4.52 Å². The summed E-state index contributed by atoms with van der Waals surface area (Å²) in [6.07, 6.45) is 0. The van der Waals surface area contributed by atoms with Gasteiger partial charge in [-0.3, -0.25) is 14.9 Å². The molecule has 2 aromatic rings. The lowest BCUT2D eigenvalue weighted by Gasteiger charge is -1.98. The lowest BCUT2D eigenvalue weighted by molar-refractivity contribution is -0.384. The first-order valence-electron chi connectivity index (χ1n) is 5.22. The molecule has 0 saturated heterocycles. The Kier molecular flexibility index (Phi) is 2.93. The second-order valence-corrected chi connectivity index (χ2v) is 3.82. The van der Waals surface area contributed by atoms with Gasteiger partial charge in [0.2, 0.25) is 0 Å². The van der Waals surface area contributed by atoms with Gasteiger partial charge >= 0.3 is 0 Å². The Morgan fingerprint density at radius 2 is 1.94 bits per heavy atom. The van der Waals surface area contributed by atoms with E-state index in [1.54, 1.807) is 19.1 Å². The van der Waals surface area contributed by atoms with E-state index in [4.69, 9.17) is 4.52 Å². The molecule has 0 atom stereocenters. The van der Waals surface area contributed by atoms with E-state index in [0.29, 0.717) is 22.6 Å². The summed E-state index contributed by atoms with van der Waals surface area (Å²) in [5, 5.41) is 14.4. The Bertz CT molecular complexity index is 614. The average Bonchev–Trinajstić information content (AvgIpc) is 2.71. The number of aryl methyl sites for hydroxylation is 1. The van der Waals surface area contributed by atoms with E-state index in [-0.39, 0.29) is 11.5 Å². The Labute approximate surface area is 102 Å². The highest BCUT2D eigenvalue weighted by molar-refractivity contribution is 6.00. The van der Waals surface area contributed by atoms with Gasteiger partial charge in [0.25, 0.3) is 5.69 Å². The first-order chi connectivity index (χ1) is 8.50.